The van der Waals surface area contributed by atoms with E-state index in [9.17, 15) is 23.5 Å². The Morgan fingerprint density at radius 2 is 1.67 bits per heavy atom. The lowest BCUT2D eigenvalue weighted by molar-refractivity contribution is -0.115. The number of anilines is 1. The average molecular weight is 331 g/mol. The zero-order valence-electron chi connectivity index (χ0n) is 12.8. The molecule has 0 bridgehead atoms. The highest BCUT2D eigenvalue weighted by atomic mass is 19.2. The lowest BCUT2D eigenvalue weighted by Gasteiger charge is -2.08. The summed E-state index contributed by atoms with van der Waals surface area (Å²) < 4.78 is 26.0. The van der Waals surface area contributed by atoms with E-state index in [1.54, 1.807) is 19.1 Å². The third kappa shape index (κ3) is 4.25. The molecule has 2 N–H and O–H groups in total. The molecule has 0 unspecified atom stereocenters. The van der Waals surface area contributed by atoms with Crippen molar-refractivity contribution in [1.82, 2.24) is 0 Å². The highest BCUT2D eigenvalue weighted by Gasteiger charge is 2.12. The number of halogens is 2. The fraction of sp³-hybridized carbons (Fsp3) is 0.111. The first-order valence-electron chi connectivity index (χ1n) is 7.21. The van der Waals surface area contributed by atoms with Gasteiger partial charge in [-0.25, -0.2) is 13.6 Å². The predicted molar refractivity (Wildman–Crippen MR) is 87.6 cm³/mol. The molecule has 0 aromatic heterocycles. The number of aromatic carboxylic acids is 1. The second kappa shape index (κ2) is 7.50. The number of amides is 1. The molecule has 4 nitrogen and oxygen atoms in total. The van der Waals surface area contributed by atoms with Crippen molar-refractivity contribution in [2.45, 2.75) is 13.3 Å². The number of carbonyl (C=O) groups excluding carboxylic acids is 1. The third-order valence-electron chi connectivity index (χ3n) is 3.28. The molecular formula is C18H15F2NO3. The van der Waals surface area contributed by atoms with Crippen LogP contribution in [-0.2, 0) is 4.79 Å². The quantitative estimate of drug-likeness (QED) is 0.808. The van der Waals surface area contributed by atoms with Crippen LogP contribution in [0.15, 0.2) is 36.4 Å². The van der Waals surface area contributed by atoms with Crippen molar-refractivity contribution in [2.75, 3.05) is 5.32 Å². The van der Waals surface area contributed by atoms with E-state index in [-0.39, 0.29) is 23.6 Å². The summed E-state index contributed by atoms with van der Waals surface area (Å²) in [5.74, 6) is -3.36. The van der Waals surface area contributed by atoms with E-state index in [0.717, 1.165) is 12.1 Å². The maximum atomic E-state index is 13.2. The molecule has 2 aromatic carbocycles. The molecule has 0 aliphatic rings. The standard InChI is InChI=1S/C18H15F2NO3/c1-2-17(22)21-16-8-6-11(9-13(16)18(23)24)3-4-12-5-7-14(19)15(20)10-12/h3-10H,2H2,1H3,(H,21,22)(H,23,24). The number of carboxylic acid groups (broad SMARTS) is 1. The van der Waals surface area contributed by atoms with Crippen LogP contribution >= 0.6 is 0 Å². The van der Waals surface area contributed by atoms with Crippen LogP contribution in [0.5, 0.6) is 0 Å². The van der Waals surface area contributed by atoms with Crippen molar-refractivity contribution >= 4 is 29.7 Å². The normalized spacial score (nSPS) is 10.8. The predicted octanol–water partition coefficient (Wildman–Crippen LogP) is 4.18. The van der Waals surface area contributed by atoms with Gasteiger partial charge in [-0.3, -0.25) is 4.79 Å². The first kappa shape index (κ1) is 17.3. The highest BCUT2D eigenvalue weighted by molar-refractivity contribution is 6.01. The summed E-state index contributed by atoms with van der Waals surface area (Å²) in [7, 11) is 0. The molecule has 0 saturated carbocycles. The van der Waals surface area contributed by atoms with Crippen molar-refractivity contribution in [1.29, 1.82) is 0 Å². The second-order valence-electron chi connectivity index (χ2n) is 5.02. The minimum atomic E-state index is -1.18. The van der Waals surface area contributed by atoms with Gasteiger partial charge in [0, 0.05) is 6.42 Å². The van der Waals surface area contributed by atoms with Crippen molar-refractivity contribution in [3.63, 3.8) is 0 Å². The van der Waals surface area contributed by atoms with Gasteiger partial charge in [-0.15, -0.1) is 0 Å². The average Bonchev–Trinajstić information content (AvgIpc) is 2.56. The number of nitrogens with one attached hydrogen (secondary N) is 1. The zero-order valence-corrected chi connectivity index (χ0v) is 12.8. The Hall–Kier alpha value is -3.02. The Kier molecular flexibility index (Phi) is 5.42. The molecule has 1 amide bonds. The zero-order chi connectivity index (χ0) is 17.7. The van der Waals surface area contributed by atoms with Crippen molar-refractivity contribution in [2.24, 2.45) is 0 Å². The summed E-state index contributed by atoms with van der Waals surface area (Å²) in [5.41, 5.74) is 1.14. The summed E-state index contributed by atoms with van der Waals surface area (Å²) in [6.07, 6.45) is 3.34. The fourth-order valence-electron chi connectivity index (χ4n) is 2.00. The van der Waals surface area contributed by atoms with E-state index in [0.29, 0.717) is 11.1 Å². The number of carbonyl (C=O) groups is 2. The molecule has 24 heavy (non-hydrogen) atoms. The molecule has 2 aromatic rings. The minimum absolute atomic E-state index is 0.0516. The maximum Gasteiger partial charge on any atom is 0.337 e. The van der Waals surface area contributed by atoms with E-state index in [4.69, 9.17) is 0 Å². The Bertz CT molecular complexity index is 816. The number of benzene rings is 2. The maximum absolute atomic E-state index is 13.2. The Balaban J connectivity index is 2.29. The smallest absolute Gasteiger partial charge is 0.337 e. The molecular weight excluding hydrogens is 316 g/mol. The van der Waals surface area contributed by atoms with Crippen LogP contribution in [0.4, 0.5) is 14.5 Å². The molecule has 2 rings (SSSR count). The monoisotopic (exact) mass is 331 g/mol. The van der Waals surface area contributed by atoms with Crippen LogP contribution in [0.1, 0.15) is 34.8 Å². The summed E-state index contributed by atoms with van der Waals surface area (Å²) in [4.78, 5) is 22.8. The molecule has 0 aliphatic carbocycles. The molecule has 0 fully saturated rings. The molecule has 6 heteroatoms. The number of rotatable bonds is 5. The fourth-order valence-corrected chi connectivity index (χ4v) is 2.00. The van der Waals surface area contributed by atoms with E-state index in [2.05, 4.69) is 5.32 Å². The summed E-state index contributed by atoms with van der Waals surface area (Å²) in [6.45, 7) is 1.66. The van der Waals surface area contributed by atoms with Crippen LogP contribution < -0.4 is 5.32 Å². The molecule has 0 aliphatic heterocycles. The lowest BCUT2D eigenvalue weighted by atomic mass is 10.1. The Morgan fingerprint density at radius 1 is 1.04 bits per heavy atom. The van der Waals surface area contributed by atoms with Crippen LogP contribution in [0.2, 0.25) is 0 Å². The van der Waals surface area contributed by atoms with Gasteiger partial charge in [-0.05, 0) is 35.4 Å². The number of hydrogen-bond acceptors (Lipinski definition) is 2. The van der Waals surface area contributed by atoms with Crippen molar-refractivity contribution in [3.8, 4) is 0 Å². The van der Waals surface area contributed by atoms with Gasteiger partial charge in [0.1, 0.15) is 0 Å². The van der Waals surface area contributed by atoms with Crippen LogP contribution in [0, 0.1) is 11.6 Å². The minimum Gasteiger partial charge on any atom is -0.478 e. The van der Waals surface area contributed by atoms with Gasteiger partial charge < -0.3 is 10.4 Å². The molecule has 0 saturated heterocycles. The summed E-state index contributed by atoms with van der Waals surface area (Å²) in [5, 5.41) is 11.8. The van der Waals surface area contributed by atoms with Gasteiger partial charge >= 0.3 is 5.97 Å². The number of hydrogen-bond donors (Lipinski definition) is 2. The lowest BCUT2D eigenvalue weighted by Crippen LogP contribution is -2.13. The van der Waals surface area contributed by atoms with Gasteiger partial charge in [-0.1, -0.05) is 31.2 Å². The SMILES string of the molecule is CCC(=O)Nc1ccc(C=Cc2ccc(F)c(F)c2)cc1C(=O)O. The summed E-state index contributed by atoms with van der Waals surface area (Å²) in [6, 6.07) is 7.96. The topological polar surface area (TPSA) is 66.4 Å². The van der Waals surface area contributed by atoms with E-state index < -0.39 is 17.6 Å². The highest BCUT2D eigenvalue weighted by Crippen LogP contribution is 2.20. The molecule has 0 radical (unpaired) electrons. The molecule has 0 spiro atoms. The third-order valence-corrected chi connectivity index (χ3v) is 3.28. The first-order valence-corrected chi connectivity index (χ1v) is 7.21. The second-order valence-corrected chi connectivity index (χ2v) is 5.02. The van der Waals surface area contributed by atoms with Crippen molar-refractivity contribution < 1.29 is 23.5 Å². The molecule has 124 valence electrons. The van der Waals surface area contributed by atoms with Gasteiger partial charge in [0.2, 0.25) is 5.91 Å². The van der Waals surface area contributed by atoms with Gasteiger partial charge in [0.15, 0.2) is 11.6 Å². The Labute approximate surface area is 137 Å². The van der Waals surface area contributed by atoms with E-state index in [1.807, 2.05) is 0 Å². The van der Waals surface area contributed by atoms with Crippen LogP contribution in [-0.4, -0.2) is 17.0 Å². The van der Waals surface area contributed by atoms with Gasteiger partial charge in [0.05, 0.1) is 11.3 Å². The molecule has 0 heterocycles. The van der Waals surface area contributed by atoms with Gasteiger partial charge in [0.25, 0.3) is 0 Å². The number of carboxylic acids is 1. The van der Waals surface area contributed by atoms with Crippen LogP contribution in [0.25, 0.3) is 12.2 Å². The van der Waals surface area contributed by atoms with Crippen LogP contribution in [0.3, 0.4) is 0 Å². The van der Waals surface area contributed by atoms with E-state index >= 15 is 0 Å². The van der Waals surface area contributed by atoms with Crippen molar-refractivity contribution in [3.05, 3.63) is 64.7 Å². The molecule has 0 atom stereocenters. The van der Waals surface area contributed by atoms with E-state index in [1.165, 1.54) is 24.3 Å². The Morgan fingerprint density at radius 3 is 2.25 bits per heavy atom. The largest absolute Gasteiger partial charge is 0.478 e. The summed E-state index contributed by atoms with van der Waals surface area (Å²) >= 11 is 0. The first-order chi connectivity index (χ1) is 11.4. The van der Waals surface area contributed by atoms with Gasteiger partial charge in [-0.2, -0.15) is 0 Å².